The summed E-state index contributed by atoms with van der Waals surface area (Å²) in [6.45, 7) is 1.78. The molecule has 0 fully saturated rings. The minimum Gasteiger partial charge on any atom is -0.319 e. The molecule has 0 atom stereocenters. The molecule has 0 bridgehead atoms. The zero-order valence-corrected chi connectivity index (χ0v) is 22.8. The maximum absolute atomic E-state index is 5.03. The summed E-state index contributed by atoms with van der Waals surface area (Å²) in [5.41, 5.74) is 14.5. The Morgan fingerprint density at radius 3 is 1.36 bits per heavy atom. The number of nitrogens with zero attached hydrogens (tertiary/aromatic N) is 4. The second-order valence-corrected chi connectivity index (χ2v) is 11.5. The van der Waals surface area contributed by atoms with E-state index in [1.54, 1.807) is 0 Å². The first-order chi connectivity index (χ1) is 20.8. The molecule has 42 heavy (non-hydrogen) atoms. The number of rotatable bonds is 2. The summed E-state index contributed by atoms with van der Waals surface area (Å²) in [7, 11) is 0. The molecule has 196 valence electrons. The standard InChI is InChI=1S/C38H24N4/c1-3-7-31-29(5-1)21-41-35-15-13-27(19-33(35)39-37(31)41)25-11-9-24-18-26(12-10-23(24)17-25)28-14-16-36-34(20-28)40-38-32-8-4-2-6-30(32)22-42(36)38/h1-20H,21-22H2. The highest BCUT2D eigenvalue weighted by Gasteiger charge is 2.23. The van der Waals surface area contributed by atoms with Crippen LogP contribution >= 0.6 is 0 Å². The molecule has 0 saturated carbocycles. The number of benzene rings is 6. The molecule has 0 aliphatic carbocycles. The van der Waals surface area contributed by atoms with Gasteiger partial charge in [-0.2, -0.15) is 0 Å². The Bertz CT molecular complexity index is 2250. The van der Waals surface area contributed by atoms with Crippen LogP contribution in [0.25, 0.3) is 77.9 Å². The lowest BCUT2D eigenvalue weighted by Crippen LogP contribution is -1.92. The number of hydrogen-bond acceptors (Lipinski definition) is 2. The Morgan fingerprint density at radius 2 is 0.857 bits per heavy atom. The van der Waals surface area contributed by atoms with Crippen molar-refractivity contribution in [2.24, 2.45) is 0 Å². The van der Waals surface area contributed by atoms with Crippen LogP contribution in [0.4, 0.5) is 0 Å². The fourth-order valence-electron chi connectivity index (χ4n) is 7.05. The van der Waals surface area contributed by atoms with Gasteiger partial charge in [0.25, 0.3) is 0 Å². The van der Waals surface area contributed by atoms with Crippen molar-refractivity contribution in [2.45, 2.75) is 13.1 Å². The fourth-order valence-corrected chi connectivity index (χ4v) is 7.05. The molecule has 2 aliphatic heterocycles. The van der Waals surface area contributed by atoms with Gasteiger partial charge in [-0.15, -0.1) is 0 Å². The van der Waals surface area contributed by atoms with Gasteiger partial charge in [0, 0.05) is 11.1 Å². The van der Waals surface area contributed by atoms with Crippen LogP contribution < -0.4 is 0 Å². The highest BCUT2D eigenvalue weighted by Crippen LogP contribution is 2.38. The van der Waals surface area contributed by atoms with E-state index >= 15 is 0 Å². The van der Waals surface area contributed by atoms with Gasteiger partial charge in [-0.3, -0.25) is 0 Å². The van der Waals surface area contributed by atoms with Gasteiger partial charge in [0.2, 0.25) is 0 Å². The smallest absolute Gasteiger partial charge is 0.141 e. The van der Waals surface area contributed by atoms with E-state index in [2.05, 4.69) is 130 Å². The van der Waals surface area contributed by atoms with Crippen molar-refractivity contribution in [1.82, 2.24) is 19.1 Å². The molecule has 4 heterocycles. The van der Waals surface area contributed by atoms with Gasteiger partial charge in [0.05, 0.1) is 35.2 Å². The summed E-state index contributed by atoms with van der Waals surface area (Å²) < 4.78 is 4.67. The second kappa shape index (κ2) is 8.05. The van der Waals surface area contributed by atoms with Crippen molar-refractivity contribution in [1.29, 1.82) is 0 Å². The third-order valence-corrected chi connectivity index (χ3v) is 9.18. The highest BCUT2D eigenvalue weighted by molar-refractivity contribution is 5.94. The van der Waals surface area contributed by atoms with Gasteiger partial charge in [0.1, 0.15) is 11.6 Å². The minimum absolute atomic E-state index is 0.892. The third kappa shape index (κ3) is 3.06. The van der Waals surface area contributed by atoms with Gasteiger partial charge in [0.15, 0.2) is 0 Å². The Kier molecular flexibility index (Phi) is 4.26. The van der Waals surface area contributed by atoms with Gasteiger partial charge in [-0.05, 0) is 80.6 Å². The van der Waals surface area contributed by atoms with E-state index in [1.807, 2.05) is 0 Å². The number of fused-ring (bicyclic) bond motifs is 11. The normalized spacial score (nSPS) is 13.0. The van der Waals surface area contributed by atoms with Crippen LogP contribution in [-0.4, -0.2) is 19.1 Å². The Morgan fingerprint density at radius 1 is 0.429 bits per heavy atom. The van der Waals surface area contributed by atoms with E-state index in [0.29, 0.717) is 0 Å². The van der Waals surface area contributed by atoms with Gasteiger partial charge in [-0.25, -0.2) is 9.97 Å². The average Bonchev–Trinajstić information content (AvgIpc) is 3.78. The first kappa shape index (κ1) is 22.2. The SMILES string of the molecule is c1ccc2c(c1)Cn1c-2nc2cc(-c3ccc4cc(-c5ccc6c(c5)nc5n6Cc6ccccc6-5)ccc4c3)ccc21. The Labute approximate surface area is 242 Å². The average molecular weight is 537 g/mol. The number of imidazole rings is 2. The molecule has 4 heteroatoms. The topological polar surface area (TPSA) is 35.6 Å². The first-order valence-corrected chi connectivity index (χ1v) is 14.5. The van der Waals surface area contributed by atoms with Crippen molar-refractivity contribution >= 4 is 32.8 Å². The molecule has 0 unspecified atom stereocenters. The van der Waals surface area contributed by atoms with E-state index in [9.17, 15) is 0 Å². The lowest BCUT2D eigenvalue weighted by atomic mass is 9.97. The van der Waals surface area contributed by atoms with E-state index in [-0.39, 0.29) is 0 Å². The van der Waals surface area contributed by atoms with Gasteiger partial charge < -0.3 is 9.13 Å². The maximum Gasteiger partial charge on any atom is 0.141 e. The molecular formula is C38H24N4. The summed E-state index contributed by atoms with van der Waals surface area (Å²) in [4.78, 5) is 10.1. The zero-order chi connectivity index (χ0) is 27.4. The number of aromatic nitrogens is 4. The van der Waals surface area contributed by atoms with E-state index < -0.39 is 0 Å². The summed E-state index contributed by atoms with van der Waals surface area (Å²) in [6, 6.07) is 44.0. The molecule has 4 nitrogen and oxygen atoms in total. The van der Waals surface area contributed by atoms with Crippen LogP contribution in [0.2, 0.25) is 0 Å². The molecule has 0 spiro atoms. The second-order valence-electron chi connectivity index (χ2n) is 11.5. The highest BCUT2D eigenvalue weighted by atomic mass is 15.1. The maximum atomic E-state index is 5.03. The molecule has 0 amide bonds. The van der Waals surface area contributed by atoms with E-state index in [1.165, 1.54) is 66.3 Å². The van der Waals surface area contributed by atoms with Crippen LogP contribution in [0.1, 0.15) is 11.1 Å². The van der Waals surface area contributed by atoms with Crippen LogP contribution in [0.3, 0.4) is 0 Å². The molecule has 6 aromatic carbocycles. The molecule has 0 N–H and O–H groups in total. The predicted octanol–water partition coefficient (Wildman–Crippen LogP) is 8.93. The molecule has 2 aromatic heterocycles. The Balaban J connectivity index is 0.998. The van der Waals surface area contributed by atoms with E-state index in [0.717, 1.165) is 35.8 Å². The largest absolute Gasteiger partial charge is 0.319 e. The lowest BCUT2D eigenvalue weighted by molar-refractivity contribution is 0.879. The fraction of sp³-hybridized carbons (Fsp3) is 0.0526. The first-order valence-electron chi connectivity index (χ1n) is 14.5. The van der Waals surface area contributed by atoms with Crippen molar-refractivity contribution in [3.05, 3.63) is 132 Å². The van der Waals surface area contributed by atoms with Crippen molar-refractivity contribution in [2.75, 3.05) is 0 Å². The Hall–Kier alpha value is -5.48. The molecular weight excluding hydrogens is 512 g/mol. The number of hydrogen-bond donors (Lipinski definition) is 0. The molecule has 0 saturated heterocycles. The predicted molar refractivity (Wildman–Crippen MR) is 170 cm³/mol. The van der Waals surface area contributed by atoms with E-state index in [4.69, 9.17) is 9.97 Å². The zero-order valence-electron chi connectivity index (χ0n) is 22.8. The van der Waals surface area contributed by atoms with Crippen LogP contribution in [0.5, 0.6) is 0 Å². The van der Waals surface area contributed by atoms with Crippen molar-refractivity contribution < 1.29 is 0 Å². The summed E-state index contributed by atoms with van der Waals surface area (Å²) in [6.07, 6.45) is 0. The summed E-state index contributed by atoms with van der Waals surface area (Å²) in [5.74, 6) is 2.15. The minimum atomic E-state index is 0.892. The van der Waals surface area contributed by atoms with Gasteiger partial charge >= 0.3 is 0 Å². The van der Waals surface area contributed by atoms with Crippen LogP contribution in [-0.2, 0) is 13.1 Å². The molecule has 2 aliphatic rings. The lowest BCUT2D eigenvalue weighted by Gasteiger charge is -2.08. The van der Waals surface area contributed by atoms with Crippen molar-refractivity contribution in [3.8, 4) is 45.0 Å². The molecule has 10 rings (SSSR count). The summed E-state index contributed by atoms with van der Waals surface area (Å²) >= 11 is 0. The quantitative estimate of drug-likeness (QED) is 0.221. The monoisotopic (exact) mass is 536 g/mol. The third-order valence-electron chi connectivity index (χ3n) is 9.18. The molecule has 0 radical (unpaired) electrons. The van der Waals surface area contributed by atoms with Crippen LogP contribution in [0, 0.1) is 0 Å². The van der Waals surface area contributed by atoms with Gasteiger partial charge in [-0.1, -0.05) is 84.9 Å². The van der Waals surface area contributed by atoms with Crippen LogP contribution in [0.15, 0.2) is 121 Å². The molecule has 8 aromatic rings. The summed E-state index contributed by atoms with van der Waals surface area (Å²) in [5, 5.41) is 2.47. The van der Waals surface area contributed by atoms with Crippen molar-refractivity contribution in [3.63, 3.8) is 0 Å².